The van der Waals surface area contributed by atoms with Crippen molar-refractivity contribution in [3.8, 4) is 0 Å². The fraction of sp³-hybridized carbons (Fsp3) is 0.417. The zero-order chi connectivity index (χ0) is 10.8. The van der Waals surface area contributed by atoms with Gasteiger partial charge >= 0.3 is 0 Å². The SMILES string of the molecule is CC1CC(NC(=O)c2ccc(F)cc2)C1. The highest BCUT2D eigenvalue weighted by Gasteiger charge is 2.26. The summed E-state index contributed by atoms with van der Waals surface area (Å²) in [6.45, 7) is 2.17. The molecule has 0 spiro atoms. The van der Waals surface area contributed by atoms with Gasteiger partial charge in [0.25, 0.3) is 5.91 Å². The molecule has 1 fully saturated rings. The second kappa shape index (κ2) is 4.01. The van der Waals surface area contributed by atoms with Crippen LogP contribution in [0.5, 0.6) is 0 Å². The van der Waals surface area contributed by atoms with E-state index >= 15 is 0 Å². The number of hydrogen-bond donors (Lipinski definition) is 1. The molecule has 0 aliphatic heterocycles. The molecule has 80 valence electrons. The van der Waals surface area contributed by atoms with Crippen LogP contribution < -0.4 is 5.32 Å². The van der Waals surface area contributed by atoms with Crippen molar-refractivity contribution in [1.29, 1.82) is 0 Å². The number of carbonyl (C=O) groups is 1. The summed E-state index contributed by atoms with van der Waals surface area (Å²) in [5.74, 6) is 0.291. The highest BCUT2D eigenvalue weighted by Crippen LogP contribution is 2.26. The van der Waals surface area contributed by atoms with Gasteiger partial charge in [0.2, 0.25) is 0 Å². The summed E-state index contributed by atoms with van der Waals surface area (Å²) < 4.78 is 12.6. The third-order valence-electron chi connectivity index (χ3n) is 2.82. The van der Waals surface area contributed by atoms with Crippen LogP contribution in [-0.4, -0.2) is 11.9 Å². The minimum atomic E-state index is -0.316. The second-order valence-electron chi connectivity index (χ2n) is 4.25. The lowest BCUT2D eigenvalue weighted by atomic mass is 9.82. The van der Waals surface area contributed by atoms with Crippen molar-refractivity contribution in [2.24, 2.45) is 5.92 Å². The standard InChI is InChI=1S/C12H14FNO/c1-8-6-11(7-8)14-12(15)9-2-4-10(13)5-3-9/h2-5,8,11H,6-7H2,1H3,(H,14,15). The average molecular weight is 207 g/mol. The predicted molar refractivity (Wildman–Crippen MR) is 56.1 cm³/mol. The number of halogens is 1. The van der Waals surface area contributed by atoms with Crippen molar-refractivity contribution in [3.05, 3.63) is 35.6 Å². The van der Waals surface area contributed by atoms with E-state index in [1.54, 1.807) is 0 Å². The molecule has 0 heterocycles. The monoisotopic (exact) mass is 207 g/mol. The predicted octanol–water partition coefficient (Wildman–Crippen LogP) is 2.35. The van der Waals surface area contributed by atoms with Gasteiger partial charge in [-0.05, 0) is 43.0 Å². The molecule has 1 aromatic carbocycles. The van der Waals surface area contributed by atoms with Crippen LogP contribution in [0.25, 0.3) is 0 Å². The second-order valence-corrected chi connectivity index (χ2v) is 4.25. The zero-order valence-electron chi connectivity index (χ0n) is 8.66. The first kappa shape index (κ1) is 10.1. The zero-order valence-corrected chi connectivity index (χ0v) is 8.66. The molecule has 2 nitrogen and oxygen atoms in total. The molecule has 0 atom stereocenters. The molecule has 1 aliphatic rings. The summed E-state index contributed by atoms with van der Waals surface area (Å²) in [6, 6.07) is 5.92. The number of hydrogen-bond acceptors (Lipinski definition) is 1. The molecule has 1 amide bonds. The van der Waals surface area contributed by atoms with Crippen molar-refractivity contribution < 1.29 is 9.18 Å². The van der Waals surface area contributed by atoms with E-state index in [1.165, 1.54) is 24.3 Å². The average Bonchev–Trinajstić information content (AvgIpc) is 2.16. The molecule has 3 heteroatoms. The molecule has 0 unspecified atom stereocenters. The van der Waals surface area contributed by atoms with E-state index in [9.17, 15) is 9.18 Å². The van der Waals surface area contributed by atoms with Crippen LogP contribution in [-0.2, 0) is 0 Å². The smallest absolute Gasteiger partial charge is 0.251 e. The first-order valence-electron chi connectivity index (χ1n) is 5.21. The Balaban J connectivity index is 1.93. The Labute approximate surface area is 88.5 Å². The number of amides is 1. The third kappa shape index (κ3) is 2.35. The van der Waals surface area contributed by atoms with Crippen LogP contribution >= 0.6 is 0 Å². The molecule has 1 aromatic rings. The van der Waals surface area contributed by atoms with Gasteiger partial charge in [-0.2, -0.15) is 0 Å². The van der Waals surface area contributed by atoms with Gasteiger partial charge in [-0.15, -0.1) is 0 Å². The molecule has 1 N–H and O–H groups in total. The Bertz CT molecular complexity index is 354. The lowest BCUT2D eigenvalue weighted by molar-refractivity contribution is 0.0896. The highest BCUT2D eigenvalue weighted by molar-refractivity contribution is 5.94. The number of carbonyl (C=O) groups excluding carboxylic acids is 1. The van der Waals surface area contributed by atoms with E-state index in [1.807, 2.05) is 0 Å². The van der Waals surface area contributed by atoms with Crippen LogP contribution in [0.15, 0.2) is 24.3 Å². The molecule has 1 aliphatic carbocycles. The van der Waals surface area contributed by atoms with Gasteiger partial charge < -0.3 is 5.32 Å². The topological polar surface area (TPSA) is 29.1 Å². The molecular weight excluding hydrogens is 193 g/mol. The summed E-state index contributed by atoms with van der Waals surface area (Å²) in [5.41, 5.74) is 0.524. The minimum absolute atomic E-state index is 0.105. The summed E-state index contributed by atoms with van der Waals surface area (Å²) in [5, 5.41) is 2.92. The van der Waals surface area contributed by atoms with E-state index in [4.69, 9.17) is 0 Å². The molecule has 0 bridgehead atoms. The maximum absolute atomic E-state index is 12.6. The lowest BCUT2D eigenvalue weighted by Crippen LogP contribution is -2.43. The fourth-order valence-corrected chi connectivity index (χ4v) is 1.89. The van der Waals surface area contributed by atoms with Gasteiger partial charge in [0.15, 0.2) is 0 Å². The molecule has 1 saturated carbocycles. The largest absolute Gasteiger partial charge is 0.349 e. The number of nitrogens with one attached hydrogen (secondary N) is 1. The Morgan fingerprint density at radius 3 is 2.47 bits per heavy atom. The van der Waals surface area contributed by atoms with Crippen LogP contribution in [0, 0.1) is 11.7 Å². The van der Waals surface area contributed by atoms with Gasteiger partial charge in [0.1, 0.15) is 5.82 Å². The van der Waals surface area contributed by atoms with Crippen LogP contribution in [0.2, 0.25) is 0 Å². The van der Waals surface area contributed by atoms with Crippen molar-refractivity contribution in [2.45, 2.75) is 25.8 Å². The Kier molecular flexibility index (Phi) is 2.71. The summed E-state index contributed by atoms with van der Waals surface area (Å²) in [6.07, 6.45) is 2.10. The van der Waals surface area contributed by atoms with Crippen molar-refractivity contribution in [3.63, 3.8) is 0 Å². The lowest BCUT2D eigenvalue weighted by Gasteiger charge is -2.33. The fourth-order valence-electron chi connectivity index (χ4n) is 1.89. The summed E-state index contributed by atoms with van der Waals surface area (Å²) >= 11 is 0. The highest BCUT2D eigenvalue weighted by atomic mass is 19.1. The molecule has 2 rings (SSSR count). The third-order valence-corrected chi connectivity index (χ3v) is 2.82. The molecule has 0 radical (unpaired) electrons. The Morgan fingerprint density at radius 1 is 1.33 bits per heavy atom. The summed E-state index contributed by atoms with van der Waals surface area (Å²) in [7, 11) is 0. The van der Waals surface area contributed by atoms with Gasteiger partial charge in [0.05, 0.1) is 0 Å². The van der Waals surface area contributed by atoms with Gasteiger partial charge in [-0.25, -0.2) is 4.39 Å². The van der Waals surface area contributed by atoms with Crippen LogP contribution in [0.3, 0.4) is 0 Å². The van der Waals surface area contributed by atoms with Gasteiger partial charge in [-0.3, -0.25) is 4.79 Å². The first-order chi connectivity index (χ1) is 7.15. The first-order valence-corrected chi connectivity index (χ1v) is 5.21. The van der Waals surface area contributed by atoms with Crippen molar-refractivity contribution >= 4 is 5.91 Å². The molecule has 0 saturated heterocycles. The van der Waals surface area contributed by atoms with E-state index in [-0.39, 0.29) is 11.7 Å². The summed E-state index contributed by atoms with van der Waals surface area (Å²) in [4.78, 5) is 11.6. The quantitative estimate of drug-likeness (QED) is 0.792. The molecular formula is C12H14FNO. The minimum Gasteiger partial charge on any atom is -0.349 e. The number of benzene rings is 1. The van der Waals surface area contributed by atoms with Crippen LogP contribution in [0.4, 0.5) is 4.39 Å². The Morgan fingerprint density at radius 2 is 1.93 bits per heavy atom. The van der Waals surface area contributed by atoms with Gasteiger partial charge in [0, 0.05) is 11.6 Å². The van der Waals surface area contributed by atoms with E-state index in [2.05, 4.69) is 12.2 Å². The van der Waals surface area contributed by atoms with E-state index in [0.29, 0.717) is 17.5 Å². The maximum atomic E-state index is 12.6. The number of rotatable bonds is 2. The van der Waals surface area contributed by atoms with Crippen molar-refractivity contribution in [1.82, 2.24) is 5.32 Å². The molecule has 0 aromatic heterocycles. The molecule has 15 heavy (non-hydrogen) atoms. The van der Waals surface area contributed by atoms with Crippen molar-refractivity contribution in [2.75, 3.05) is 0 Å². The Hall–Kier alpha value is -1.38. The van der Waals surface area contributed by atoms with E-state index in [0.717, 1.165) is 12.8 Å². The van der Waals surface area contributed by atoms with E-state index < -0.39 is 0 Å². The van der Waals surface area contributed by atoms with Gasteiger partial charge in [-0.1, -0.05) is 6.92 Å². The normalized spacial score (nSPS) is 24.4. The van der Waals surface area contributed by atoms with Crippen LogP contribution in [0.1, 0.15) is 30.1 Å². The maximum Gasteiger partial charge on any atom is 0.251 e.